The molecule has 2 saturated heterocycles. The molecule has 2 aliphatic heterocycles. The Kier molecular flexibility index (Phi) is 4.95. The summed E-state index contributed by atoms with van der Waals surface area (Å²) in [6, 6.07) is 5.33. The number of rotatable bonds is 2. The Labute approximate surface area is 203 Å². The smallest absolute Gasteiger partial charge is 0.349 e. The number of phenols is 1. The standard InChI is InChI=1S/C26H20F3N5O2/c1-3-16-18(27)7-4-12-8-15(35)9-17(19(12)16)22-21(28)23-20(24(29)31-22)25(32-26(36)33(23)2)34-10-13-5-6-14(11-34)30-13/h1,4,7-9,13-14,30,35H,5-6,10-11H2,2H3. The lowest BCUT2D eigenvalue weighted by molar-refractivity contribution is 0.463. The molecule has 36 heavy (non-hydrogen) atoms. The molecule has 2 aromatic heterocycles. The molecule has 2 unspecified atom stereocenters. The highest BCUT2D eigenvalue weighted by molar-refractivity contribution is 6.03. The summed E-state index contributed by atoms with van der Waals surface area (Å²) in [5.41, 5.74) is -1.86. The largest absolute Gasteiger partial charge is 0.508 e. The maximum Gasteiger partial charge on any atom is 0.349 e. The molecule has 0 aliphatic carbocycles. The average Bonchev–Trinajstić information content (AvgIpc) is 3.19. The summed E-state index contributed by atoms with van der Waals surface area (Å²) in [4.78, 5) is 22.6. The van der Waals surface area contributed by atoms with Gasteiger partial charge in [-0.1, -0.05) is 12.0 Å². The number of nitrogens with one attached hydrogen (secondary N) is 1. The summed E-state index contributed by atoms with van der Waals surface area (Å²) in [6.45, 7) is 0.993. The van der Waals surface area contributed by atoms with E-state index in [0.29, 0.717) is 18.5 Å². The van der Waals surface area contributed by atoms with Crippen molar-refractivity contribution >= 4 is 27.5 Å². The zero-order valence-corrected chi connectivity index (χ0v) is 19.1. The summed E-state index contributed by atoms with van der Waals surface area (Å²) >= 11 is 0. The van der Waals surface area contributed by atoms with Crippen molar-refractivity contribution in [3.05, 3.63) is 57.9 Å². The minimum Gasteiger partial charge on any atom is -0.508 e. The number of aromatic nitrogens is 3. The number of terminal acetylenes is 1. The number of anilines is 1. The van der Waals surface area contributed by atoms with Crippen molar-refractivity contribution in [2.45, 2.75) is 24.9 Å². The third-order valence-electron chi connectivity index (χ3n) is 7.08. The number of nitrogens with zero attached hydrogens (tertiary/aromatic N) is 4. The molecule has 0 amide bonds. The van der Waals surface area contributed by atoms with Crippen LogP contribution >= 0.6 is 0 Å². The van der Waals surface area contributed by atoms with Crippen LogP contribution in [0.2, 0.25) is 0 Å². The van der Waals surface area contributed by atoms with Crippen molar-refractivity contribution in [3.8, 4) is 29.4 Å². The van der Waals surface area contributed by atoms with Gasteiger partial charge in [-0.2, -0.15) is 9.37 Å². The van der Waals surface area contributed by atoms with E-state index in [2.05, 4.69) is 21.2 Å². The third kappa shape index (κ3) is 3.23. The third-order valence-corrected chi connectivity index (χ3v) is 7.08. The van der Waals surface area contributed by atoms with Gasteiger partial charge in [-0.25, -0.2) is 18.6 Å². The zero-order valence-electron chi connectivity index (χ0n) is 19.1. The quantitative estimate of drug-likeness (QED) is 0.331. The molecule has 2 atom stereocenters. The molecule has 0 saturated carbocycles. The second kappa shape index (κ2) is 7.96. The molecular weight excluding hydrogens is 471 g/mol. The first kappa shape index (κ1) is 22.4. The van der Waals surface area contributed by atoms with Crippen LogP contribution in [0.4, 0.5) is 19.0 Å². The lowest BCUT2D eigenvalue weighted by atomic mass is 9.95. The number of phenolic OH excluding ortho intramolecular Hbond substituents is 1. The summed E-state index contributed by atoms with van der Waals surface area (Å²) in [7, 11) is 1.29. The topological polar surface area (TPSA) is 83.3 Å². The predicted octanol–water partition coefficient (Wildman–Crippen LogP) is 3.19. The van der Waals surface area contributed by atoms with Crippen LogP contribution in [0.3, 0.4) is 0 Å². The average molecular weight is 491 g/mol. The molecule has 4 aromatic rings. The van der Waals surface area contributed by atoms with E-state index in [0.717, 1.165) is 29.5 Å². The Bertz CT molecular complexity index is 1680. The van der Waals surface area contributed by atoms with Gasteiger partial charge in [-0.05, 0) is 36.4 Å². The molecule has 4 heterocycles. The second-order valence-corrected chi connectivity index (χ2v) is 9.27. The van der Waals surface area contributed by atoms with Crippen molar-refractivity contribution in [1.82, 2.24) is 19.9 Å². The molecule has 182 valence electrons. The molecule has 7 nitrogen and oxygen atoms in total. The van der Waals surface area contributed by atoms with E-state index in [1.807, 2.05) is 0 Å². The number of piperazine rings is 1. The van der Waals surface area contributed by atoms with Gasteiger partial charge in [0, 0.05) is 43.2 Å². The van der Waals surface area contributed by atoms with Crippen molar-refractivity contribution < 1.29 is 18.3 Å². The number of fused-ring (bicyclic) bond motifs is 4. The van der Waals surface area contributed by atoms with Crippen LogP contribution in [0.1, 0.15) is 18.4 Å². The van der Waals surface area contributed by atoms with Crippen LogP contribution in [0, 0.1) is 29.9 Å². The van der Waals surface area contributed by atoms with Crippen molar-refractivity contribution in [1.29, 1.82) is 0 Å². The fourth-order valence-electron chi connectivity index (χ4n) is 5.48. The molecule has 2 N–H and O–H groups in total. The maximum absolute atomic E-state index is 16.2. The zero-order chi connectivity index (χ0) is 25.3. The summed E-state index contributed by atoms with van der Waals surface area (Å²) in [5.74, 6) is -0.761. The van der Waals surface area contributed by atoms with Gasteiger partial charge < -0.3 is 15.3 Å². The van der Waals surface area contributed by atoms with E-state index >= 15 is 8.78 Å². The van der Waals surface area contributed by atoms with E-state index < -0.39 is 29.0 Å². The van der Waals surface area contributed by atoms with E-state index in [4.69, 9.17) is 6.42 Å². The van der Waals surface area contributed by atoms with Crippen molar-refractivity contribution in [2.24, 2.45) is 7.05 Å². The van der Waals surface area contributed by atoms with Crippen LogP contribution in [0.25, 0.3) is 32.9 Å². The number of halogens is 3. The molecular formula is C26H20F3N5O2. The summed E-state index contributed by atoms with van der Waals surface area (Å²) in [5, 5.41) is 13.9. The molecule has 6 rings (SSSR count). The molecule has 2 fully saturated rings. The normalized spacial score (nSPS) is 19.2. The van der Waals surface area contributed by atoms with E-state index in [1.165, 1.54) is 19.2 Å². The molecule has 10 heteroatoms. The van der Waals surface area contributed by atoms with E-state index in [-0.39, 0.29) is 51.1 Å². The number of aromatic hydroxyl groups is 1. The highest BCUT2D eigenvalue weighted by Gasteiger charge is 2.35. The van der Waals surface area contributed by atoms with Gasteiger partial charge >= 0.3 is 5.69 Å². The second-order valence-electron chi connectivity index (χ2n) is 9.27. The monoisotopic (exact) mass is 491 g/mol. The first-order valence-electron chi connectivity index (χ1n) is 11.5. The number of pyridine rings is 1. The minimum atomic E-state index is -1.04. The Morgan fingerprint density at radius 2 is 1.83 bits per heavy atom. The Hall–Kier alpha value is -4.10. The van der Waals surface area contributed by atoms with Gasteiger partial charge in [-0.3, -0.25) is 4.57 Å². The Morgan fingerprint density at radius 1 is 1.11 bits per heavy atom. The first-order valence-corrected chi connectivity index (χ1v) is 11.5. The van der Waals surface area contributed by atoms with E-state index in [9.17, 15) is 14.3 Å². The van der Waals surface area contributed by atoms with Gasteiger partial charge in [0.2, 0.25) is 5.95 Å². The maximum atomic E-state index is 16.2. The molecule has 2 aliphatic rings. The van der Waals surface area contributed by atoms with Gasteiger partial charge in [0.05, 0.1) is 16.5 Å². The molecule has 0 radical (unpaired) electrons. The number of aryl methyl sites for hydroxylation is 1. The lowest BCUT2D eigenvalue weighted by Crippen LogP contribution is -2.52. The van der Waals surface area contributed by atoms with Crippen LogP contribution in [0.15, 0.2) is 29.1 Å². The van der Waals surface area contributed by atoms with Crippen molar-refractivity contribution in [2.75, 3.05) is 18.0 Å². The fraction of sp³-hybridized carbons (Fsp3) is 0.269. The van der Waals surface area contributed by atoms with Crippen LogP contribution < -0.4 is 15.9 Å². The van der Waals surface area contributed by atoms with Crippen LogP contribution in [-0.2, 0) is 7.05 Å². The number of hydrogen-bond donors (Lipinski definition) is 2. The van der Waals surface area contributed by atoms with Crippen molar-refractivity contribution in [3.63, 3.8) is 0 Å². The summed E-state index contributed by atoms with van der Waals surface area (Å²) in [6.07, 6.45) is 7.42. The van der Waals surface area contributed by atoms with Gasteiger partial charge in [0.25, 0.3) is 0 Å². The first-order chi connectivity index (χ1) is 17.3. The highest BCUT2D eigenvalue weighted by Crippen LogP contribution is 2.39. The Balaban J connectivity index is 1.67. The lowest BCUT2D eigenvalue weighted by Gasteiger charge is -2.34. The van der Waals surface area contributed by atoms with Crippen LogP contribution in [0.5, 0.6) is 5.75 Å². The SMILES string of the molecule is C#Cc1c(F)ccc2cc(O)cc(-c3nc(F)c4c(N5CC6CCC(C5)N6)nc(=O)n(C)c4c3F)c12. The number of benzene rings is 2. The Morgan fingerprint density at radius 3 is 2.53 bits per heavy atom. The fourth-order valence-corrected chi connectivity index (χ4v) is 5.48. The molecule has 2 bridgehead atoms. The minimum absolute atomic E-state index is 0.0399. The molecule has 2 aromatic carbocycles. The van der Waals surface area contributed by atoms with Crippen LogP contribution in [-0.4, -0.2) is 44.8 Å². The van der Waals surface area contributed by atoms with Gasteiger partial charge in [0.1, 0.15) is 23.1 Å². The highest BCUT2D eigenvalue weighted by atomic mass is 19.1. The predicted molar refractivity (Wildman–Crippen MR) is 129 cm³/mol. The number of hydrogen-bond acceptors (Lipinski definition) is 6. The van der Waals surface area contributed by atoms with E-state index in [1.54, 1.807) is 4.90 Å². The van der Waals surface area contributed by atoms with Gasteiger partial charge in [-0.15, -0.1) is 6.42 Å². The summed E-state index contributed by atoms with van der Waals surface area (Å²) < 4.78 is 47.4. The molecule has 0 spiro atoms. The van der Waals surface area contributed by atoms with Gasteiger partial charge in [0.15, 0.2) is 5.82 Å².